The Balaban J connectivity index is 1.49. The molecule has 0 bridgehead atoms. The monoisotopic (exact) mass is 460 g/mol. The summed E-state index contributed by atoms with van der Waals surface area (Å²) in [6.45, 7) is 1.08. The van der Waals surface area contributed by atoms with Gasteiger partial charge in [0.2, 0.25) is 5.91 Å². The van der Waals surface area contributed by atoms with Gasteiger partial charge < -0.3 is 15.1 Å². The van der Waals surface area contributed by atoms with E-state index in [4.69, 9.17) is 0 Å². The van der Waals surface area contributed by atoms with Gasteiger partial charge in [0.15, 0.2) is 0 Å². The van der Waals surface area contributed by atoms with Gasteiger partial charge in [-0.15, -0.1) is 0 Å². The second kappa shape index (κ2) is 9.41. The summed E-state index contributed by atoms with van der Waals surface area (Å²) < 4.78 is 40.4. The third-order valence-electron chi connectivity index (χ3n) is 6.23. The second-order valence-corrected chi connectivity index (χ2v) is 8.63. The zero-order valence-electron chi connectivity index (χ0n) is 18.4. The number of anilines is 1. The summed E-state index contributed by atoms with van der Waals surface area (Å²) in [4.78, 5) is 32.7. The van der Waals surface area contributed by atoms with E-state index in [1.807, 2.05) is 17.0 Å². The van der Waals surface area contributed by atoms with Gasteiger partial charge in [-0.2, -0.15) is 13.2 Å². The fraction of sp³-hybridized carbons (Fsp3) is 0.458. The van der Waals surface area contributed by atoms with Gasteiger partial charge in [-0.25, -0.2) is 4.98 Å². The maximum absolute atomic E-state index is 13.5. The van der Waals surface area contributed by atoms with Crippen molar-refractivity contribution >= 4 is 17.6 Å². The van der Waals surface area contributed by atoms with Crippen molar-refractivity contribution in [2.45, 2.75) is 44.4 Å². The van der Waals surface area contributed by atoms with Gasteiger partial charge in [0, 0.05) is 44.5 Å². The zero-order valence-corrected chi connectivity index (χ0v) is 18.4. The van der Waals surface area contributed by atoms with Crippen LogP contribution in [0.1, 0.15) is 47.2 Å². The molecule has 1 saturated carbocycles. The molecule has 2 aromatic rings. The summed E-state index contributed by atoms with van der Waals surface area (Å²) in [5.74, 6) is -0.688. The number of rotatable bonds is 6. The molecule has 4 rings (SSSR count). The first-order valence-corrected chi connectivity index (χ1v) is 11.2. The third-order valence-corrected chi connectivity index (χ3v) is 6.23. The number of nitrogens with one attached hydrogen (secondary N) is 1. The molecule has 0 spiro atoms. The van der Waals surface area contributed by atoms with Crippen LogP contribution in [-0.4, -0.2) is 47.9 Å². The number of carbonyl (C=O) groups excluding carboxylic acids is 2. The van der Waals surface area contributed by atoms with Crippen LogP contribution >= 0.6 is 0 Å². The van der Waals surface area contributed by atoms with Crippen molar-refractivity contribution in [2.75, 3.05) is 25.0 Å². The molecule has 1 aliphatic carbocycles. The SMILES string of the molecule is CNC(=O)c1ccc(CN(C(=O)C2CCCN(c3ncccc3C(F)(F)F)C2)C2CC2)cc1. The van der Waals surface area contributed by atoms with Crippen molar-refractivity contribution in [3.63, 3.8) is 0 Å². The minimum atomic E-state index is -4.50. The molecule has 6 nitrogen and oxygen atoms in total. The average molecular weight is 461 g/mol. The molecule has 2 heterocycles. The number of carbonyl (C=O) groups is 2. The molecule has 33 heavy (non-hydrogen) atoms. The Hall–Kier alpha value is -3.10. The molecule has 176 valence electrons. The Kier molecular flexibility index (Phi) is 6.58. The molecule has 0 radical (unpaired) electrons. The van der Waals surface area contributed by atoms with Crippen LogP contribution in [0.25, 0.3) is 0 Å². The molecule has 2 aliphatic rings. The molecular weight excluding hydrogens is 433 g/mol. The molecule has 1 aliphatic heterocycles. The predicted octanol–water partition coefficient (Wildman–Crippen LogP) is 3.87. The van der Waals surface area contributed by atoms with E-state index in [9.17, 15) is 22.8 Å². The molecule has 2 amide bonds. The fourth-order valence-electron chi connectivity index (χ4n) is 4.35. The summed E-state index contributed by atoms with van der Waals surface area (Å²) >= 11 is 0. The number of aromatic nitrogens is 1. The summed E-state index contributed by atoms with van der Waals surface area (Å²) in [6, 6.07) is 9.61. The van der Waals surface area contributed by atoms with E-state index >= 15 is 0 Å². The average Bonchev–Trinajstić information content (AvgIpc) is 3.67. The molecule has 9 heteroatoms. The number of nitrogens with zero attached hydrogens (tertiary/aromatic N) is 3. The van der Waals surface area contributed by atoms with Crippen molar-refractivity contribution in [2.24, 2.45) is 5.92 Å². The minimum Gasteiger partial charge on any atom is -0.355 e. The molecule has 1 atom stereocenters. The van der Waals surface area contributed by atoms with Crippen LogP contribution in [0.15, 0.2) is 42.6 Å². The maximum atomic E-state index is 13.5. The first-order chi connectivity index (χ1) is 15.8. The van der Waals surface area contributed by atoms with Gasteiger partial charge in [-0.3, -0.25) is 9.59 Å². The van der Waals surface area contributed by atoms with E-state index in [1.165, 1.54) is 12.3 Å². The van der Waals surface area contributed by atoms with Gasteiger partial charge in [-0.1, -0.05) is 12.1 Å². The van der Waals surface area contributed by atoms with Crippen LogP contribution in [0.2, 0.25) is 0 Å². The number of pyridine rings is 1. The molecule has 2 fully saturated rings. The Labute approximate surface area is 190 Å². The summed E-state index contributed by atoms with van der Waals surface area (Å²) in [6.07, 6.45) is -0.0176. The normalized spacial score (nSPS) is 18.7. The van der Waals surface area contributed by atoms with Crippen LogP contribution in [0.4, 0.5) is 19.0 Å². The van der Waals surface area contributed by atoms with Crippen molar-refractivity contribution in [3.8, 4) is 0 Å². The molecule has 1 unspecified atom stereocenters. The van der Waals surface area contributed by atoms with E-state index in [2.05, 4.69) is 10.3 Å². The number of benzene rings is 1. The number of hydrogen-bond acceptors (Lipinski definition) is 4. The van der Waals surface area contributed by atoms with Crippen LogP contribution in [-0.2, 0) is 17.5 Å². The first-order valence-electron chi connectivity index (χ1n) is 11.2. The number of hydrogen-bond donors (Lipinski definition) is 1. The third kappa shape index (κ3) is 5.29. The zero-order chi connectivity index (χ0) is 23.6. The second-order valence-electron chi connectivity index (χ2n) is 8.63. The van der Waals surface area contributed by atoms with Crippen molar-refractivity contribution < 1.29 is 22.8 Å². The van der Waals surface area contributed by atoms with E-state index in [0.717, 1.165) is 24.5 Å². The summed E-state index contributed by atoms with van der Waals surface area (Å²) in [5.41, 5.74) is 0.692. The number of halogens is 3. The Morgan fingerprint density at radius 3 is 2.52 bits per heavy atom. The maximum Gasteiger partial charge on any atom is 0.419 e. The Bertz CT molecular complexity index is 1010. The lowest BCUT2D eigenvalue weighted by Gasteiger charge is -2.36. The molecular formula is C24H27F3N4O2. The van der Waals surface area contributed by atoms with Crippen molar-refractivity contribution in [1.82, 2.24) is 15.2 Å². The van der Waals surface area contributed by atoms with Gasteiger partial charge in [0.1, 0.15) is 5.82 Å². The Morgan fingerprint density at radius 1 is 1.15 bits per heavy atom. The fourth-order valence-corrected chi connectivity index (χ4v) is 4.35. The van der Waals surface area contributed by atoms with Crippen LogP contribution in [0, 0.1) is 5.92 Å². The topological polar surface area (TPSA) is 65.5 Å². The molecule has 1 saturated heterocycles. The minimum absolute atomic E-state index is 0.0259. The lowest BCUT2D eigenvalue weighted by Crippen LogP contribution is -2.46. The predicted molar refractivity (Wildman–Crippen MR) is 118 cm³/mol. The molecule has 1 N–H and O–H groups in total. The lowest BCUT2D eigenvalue weighted by atomic mass is 9.95. The van der Waals surface area contributed by atoms with Crippen LogP contribution < -0.4 is 10.2 Å². The highest BCUT2D eigenvalue weighted by Gasteiger charge is 2.40. The van der Waals surface area contributed by atoms with Crippen LogP contribution in [0.5, 0.6) is 0 Å². The quantitative estimate of drug-likeness (QED) is 0.711. The van der Waals surface area contributed by atoms with Crippen LogP contribution in [0.3, 0.4) is 0 Å². The van der Waals surface area contributed by atoms with Gasteiger partial charge in [0.25, 0.3) is 5.91 Å². The first kappa shape index (κ1) is 23.1. The van der Waals surface area contributed by atoms with E-state index in [0.29, 0.717) is 31.5 Å². The smallest absolute Gasteiger partial charge is 0.355 e. The highest BCUT2D eigenvalue weighted by atomic mass is 19.4. The summed E-state index contributed by atoms with van der Waals surface area (Å²) in [5, 5.41) is 2.58. The largest absolute Gasteiger partial charge is 0.419 e. The standard InChI is InChI=1S/C24H27F3N4O2/c1-28-22(32)17-8-6-16(7-9-17)14-31(19-10-11-19)23(33)18-4-3-13-30(15-18)21-20(24(25,26)27)5-2-12-29-21/h2,5-9,12,18-19H,3-4,10-11,13-15H2,1H3,(H,28,32). The van der Waals surface area contributed by atoms with E-state index < -0.39 is 11.7 Å². The molecule has 1 aromatic carbocycles. The number of piperidine rings is 1. The van der Waals surface area contributed by atoms with E-state index in [1.54, 1.807) is 24.1 Å². The number of alkyl halides is 3. The van der Waals surface area contributed by atoms with Gasteiger partial charge in [0.05, 0.1) is 11.5 Å². The lowest BCUT2D eigenvalue weighted by molar-refractivity contribution is -0.137. The summed E-state index contributed by atoms with van der Waals surface area (Å²) in [7, 11) is 1.57. The number of amides is 2. The Morgan fingerprint density at radius 2 is 1.88 bits per heavy atom. The highest BCUT2D eigenvalue weighted by Crippen LogP contribution is 2.37. The molecule has 1 aromatic heterocycles. The highest BCUT2D eigenvalue weighted by molar-refractivity contribution is 5.94. The van der Waals surface area contributed by atoms with Crippen molar-refractivity contribution in [1.29, 1.82) is 0 Å². The van der Waals surface area contributed by atoms with Crippen molar-refractivity contribution in [3.05, 3.63) is 59.3 Å². The van der Waals surface area contributed by atoms with E-state index in [-0.39, 0.29) is 36.1 Å². The van der Waals surface area contributed by atoms with Gasteiger partial charge in [-0.05, 0) is 55.5 Å². The van der Waals surface area contributed by atoms with Gasteiger partial charge >= 0.3 is 6.18 Å².